The molecule has 21 heavy (non-hydrogen) atoms. The van der Waals surface area contributed by atoms with Gasteiger partial charge in [-0.3, -0.25) is 4.79 Å². The van der Waals surface area contributed by atoms with E-state index in [0.717, 1.165) is 6.07 Å². The van der Waals surface area contributed by atoms with Gasteiger partial charge in [-0.25, -0.2) is 8.78 Å². The summed E-state index contributed by atoms with van der Waals surface area (Å²) >= 11 is 8.71. The molecule has 0 fully saturated rings. The van der Waals surface area contributed by atoms with E-state index in [2.05, 4.69) is 21.2 Å². The Morgan fingerprint density at radius 2 is 1.95 bits per heavy atom. The summed E-state index contributed by atoms with van der Waals surface area (Å²) < 4.78 is 32.1. The molecule has 2 rings (SSSR count). The van der Waals surface area contributed by atoms with Gasteiger partial charge in [0.2, 0.25) is 0 Å². The number of ether oxygens (including phenoxy) is 1. The van der Waals surface area contributed by atoms with Gasteiger partial charge in [0.1, 0.15) is 5.82 Å². The molecule has 0 aromatic heterocycles. The smallest absolute Gasteiger partial charge is 0.262 e. The van der Waals surface area contributed by atoms with Crippen LogP contribution in [0.4, 0.5) is 14.5 Å². The van der Waals surface area contributed by atoms with E-state index in [9.17, 15) is 13.6 Å². The summed E-state index contributed by atoms with van der Waals surface area (Å²) in [6.07, 6.45) is 0. The van der Waals surface area contributed by atoms with Crippen LogP contribution in [0.1, 0.15) is 0 Å². The number of hydrogen-bond donors (Lipinski definition) is 1. The Morgan fingerprint density at radius 3 is 2.62 bits per heavy atom. The van der Waals surface area contributed by atoms with Gasteiger partial charge in [0.05, 0.1) is 5.02 Å². The average molecular weight is 377 g/mol. The summed E-state index contributed by atoms with van der Waals surface area (Å²) in [5.41, 5.74) is 0.325. The highest BCUT2D eigenvalue weighted by Crippen LogP contribution is 2.22. The van der Waals surface area contributed by atoms with Gasteiger partial charge in [0, 0.05) is 10.2 Å². The minimum atomic E-state index is -0.581. The molecule has 2 aromatic rings. The van der Waals surface area contributed by atoms with E-state index >= 15 is 0 Å². The molecule has 0 atom stereocenters. The molecule has 0 aliphatic heterocycles. The maximum Gasteiger partial charge on any atom is 0.262 e. The zero-order valence-electron chi connectivity index (χ0n) is 10.5. The molecule has 7 heteroatoms. The van der Waals surface area contributed by atoms with Gasteiger partial charge in [-0.15, -0.1) is 0 Å². The molecule has 0 spiro atoms. The van der Waals surface area contributed by atoms with Crippen LogP contribution in [0.5, 0.6) is 5.75 Å². The van der Waals surface area contributed by atoms with Gasteiger partial charge < -0.3 is 10.1 Å². The Labute approximate surface area is 133 Å². The van der Waals surface area contributed by atoms with Crippen LogP contribution in [0, 0.1) is 11.6 Å². The number of carbonyl (C=O) groups excluding carboxylic acids is 1. The van der Waals surface area contributed by atoms with Gasteiger partial charge in [-0.1, -0.05) is 27.5 Å². The molecule has 0 unspecified atom stereocenters. The number of anilines is 1. The summed E-state index contributed by atoms with van der Waals surface area (Å²) in [6, 6.07) is 7.99. The van der Waals surface area contributed by atoms with Gasteiger partial charge >= 0.3 is 0 Å². The first kappa shape index (κ1) is 15.7. The van der Waals surface area contributed by atoms with Gasteiger partial charge in [0.25, 0.3) is 5.91 Å². The first-order chi connectivity index (χ1) is 9.95. The van der Waals surface area contributed by atoms with Gasteiger partial charge in [-0.2, -0.15) is 0 Å². The van der Waals surface area contributed by atoms with Crippen molar-refractivity contribution in [2.45, 2.75) is 0 Å². The van der Waals surface area contributed by atoms with Gasteiger partial charge in [-0.05, 0) is 36.4 Å². The third-order valence-electron chi connectivity index (χ3n) is 2.46. The zero-order chi connectivity index (χ0) is 15.4. The van der Waals surface area contributed by atoms with E-state index in [4.69, 9.17) is 16.3 Å². The molecule has 0 saturated carbocycles. The van der Waals surface area contributed by atoms with Crippen LogP contribution < -0.4 is 10.1 Å². The molecule has 1 N–H and O–H groups in total. The number of rotatable bonds is 4. The van der Waals surface area contributed by atoms with Crippen LogP contribution in [0.2, 0.25) is 5.02 Å². The van der Waals surface area contributed by atoms with Crippen LogP contribution in [-0.4, -0.2) is 12.5 Å². The summed E-state index contributed by atoms with van der Waals surface area (Å²) in [6.45, 7) is -0.381. The Morgan fingerprint density at radius 1 is 1.19 bits per heavy atom. The first-order valence-corrected chi connectivity index (χ1v) is 6.95. The quantitative estimate of drug-likeness (QED) is 0.859. The lowest BCUT2D eigenvalue weighted by molar-refractivity contribution is -0.118. The Balaban J connectivity index is 1.94. The second-order valence-electron chi connectivity index (χ2n) is 4.04. The molecule has 3 nitrogen and oxygen atoms in total. The number of benzene rings is 2. The summed E-state index contributed by atoms with van der Waals surface area (Å²) in [5, 5.41) is 2.36. The van der Waals surface area contributed by atoms with E-state index in [1.54, 1.807) is 6.07 Å². The maximum atomic E-state index is 13.5. The van der Waals surface area contributed by atoms with Crippen molar-refractivity contribution in [1.29, 1.82) is 0 Å². The van der Waals surface area contributed by atoms with E-state index in [-0.39, 0.29) is 17.4 Å². The van der Waals surface area contributed by atoms with Gasteiger partial charge in [0.15, 0.2) is 18.2 Å². The predicted octanol–water partition coefficient (Wildman–Crippen LogP) is 4.40. The fraction of sp³-hybridized carbons (Fsp3) is 0.0714. The summed E-state index contributed by atoms with van der Waals surface area (Å²) in [4.78, 5) is 11.7. The third-order valence-corrected chi connectivity index (χ3v) is 3.24. The fourth-order valence-electron chi connectivity index (χ4n) is 1.51. The molecular weight excluding hydrogens is 368 g/mol. The topological polar surface area (TPSA) is 38.3 Å². The Bertz CT molecular complexity index is 682. The van der Waals surface area contributed by atoms with Crippen LogP contribution in [0.25, 0.3) is 0 Å². The second kappa shape index (κ2) is 6.87. The molecule has 2 aromatic carbocycles. The Kier molecular flexibility index (Phi) is 5.14. The molecule has 0 aliphatic carbocycles. The van der Waals surface area contributed by atoms with Crippen molar-refractivity contribution in [3.05, 3.63) is 57.5 Å². The lowest BCUT2D eigenvalue weighted by atomic mass is 10.3. The lowest BCUT2D eigenvalue weighted by Gasteiger charge is -2.09. The standard InChI is InChI=1S/C14H9BrClF2NO2/c15-8-1-4-13(12(18)5-8)21-7-14(20)19-9-2-3-11(17)10(16)6-9/h1-6H,7H2,(H,19,20). The first-order valence-electron chi connectivity index (χ1n) is 5.78. The number of carbonyl (C=O) groups is 1. The molecule has 0 heterocycles. The van der Waals surface area contributed by atoms with Crippen LogP contribution >= 0.6 is 27.5 Å². The largest absolute Gasteiger partial charge is 0.481 e. The molecule has 110 valence electrons. The van der Waals surface area contributed by atoms with E-state index < -0.39 is 17.5 Å². The average Bonchev–Trinajstić information content (AvgIpc) is 2.42. The maximum absolute atomic E-state index is 13.5. The van der Waals surface area contributed by atoms with Crippen LogP contribution in [-0.2, 0) is 4.79 Å². The van der Waals surface area contributed by atoms with Crippen molar-refractivity contribution >= 4 is 39.1 Å². The molecule has 0 saturated heterocycles. The Hall–Kier alpha value is -1.66. The van der Waals surface area contributed by atoms with Crippen molar-refractivity contribution in [1.82, 2.24) is 0 Å². The van der Waals surface area contributed by atoms with Crippen molar-refractivity contribution in [3.8, 4) is 5.75 Å². The van der Waals surface area contributed by atoms with Crippen molar-refractivity contribution in [2.24, 2.45) is 0 Å². The highest BCUT2D eigenvalue weighted by atomic mass is 79.9. The summed E-state index contributed by atoms with van der Waals surface area (Å²) in [7, 11) is 0. The normalized spacial score (nSPS) is 10.3. The SMILES string of the molecule is O=C(COc1ccc(Br)cc1F)Nc1ccc(F)c(Cl)c1. The molecule has 1 amide bonds. The lowest BCUT2D eigenvalue weighted by Crippen LogP contribution is -2.20. The minimum absolute atomic E-state index is 0.0366. The van der Waals surface area contributed by atoms with Crippen molar-refractivity contribution in [3.63, 3.8) is 0 Å². The highest BCUT2D eigenvalue weighted by molar-refractivity contribution is 9.10. The number of amides is 1. The molecule has 0 aliphatic rings. The zero-order valence-corrected chi connectivity index (χ0v) is 12.8. The number of nitrogens with one attached hydrogen (secondary N) is 1. The fourth-order valence-corrected chi connectivity index (χ4v) is 2.02. The van der Waals surface area contributed by atoms with E-state index in [1.165, 1.54) is 24.3 Å². The second-order valence-corrected chi connectivity index (χ2v) is 5.36. The minimum Gasteiger partial charge on any atom is -0.481 e. The molecule has 0 bridgehead atoms. The monoisotopic (exact) mass is 375 g/mol. The number of hydrogen-bond acceptors (Lipinski definition) is 2. The predicted molar refractivity (Wildman–Crippen MR) is 79.6 cm³/mol. The molecule has 0 radical (unpaired) electrons. The van der Waals surface area contributed by atoms with Crippen LogP contribution in [0.15, 0.2) is 40.9 Å². The van der Waals surface area contributed by atoms with Crippen LogP contribution in [0.3, 0.4) is 0 Å². The van der Waals surface area contributed by atoms with Crippen molar-refractivity contribution < 1.29 is 18.3 Å². The van der Waals surface area contributed by atoms with Crippen molar-refractivity contribution in [2.75, 3.05) is 11.9 Å². The third kappa shape index (κ3) is 4.41. The highest BCUT2D eigenvalue weighted by Gasteiger charge is 2.09. The summed E-state index contributed by atoms with van der Waals surface area (Å²) in [5.74, 6) is -1.71. The number of halogens is 4. The molecular formula is C14H9BrClF2NO2. The van der Waals surface area contributed by atoms with E-state index in [0.29, 0.717) is 10.2 Å². The van der Waals surface area contributed by atoms with E-state index in [1.807, 2.05) is 0 Å².